The number of rotatable bonds is 3. The van der Waals surface area contributed by atoms with Gasteiger partial charge in [-0.2, -0.15) is 0 Å². The molecule has 0 N–H and O–H groups in total. The van der Waals surface area contributed by atoms with E-state index in [1.165, 1.54) is 0 Å². The van der Waals surface area contributed by atoms with Crippen LogP contribution in [-0.2, 0) is 19.6 Å². The van der Waals surface area contributed by atoms with Crippen LogP contribution in [0.5, 0.6) is 0 Å². The first kappa shape index (κ1) is 15.6. The summed E-state index contributed by atoms with van der Waals surface area (Å²) in [6.45, 7) is 12.4. The summed E-state index contributed by atoms with van der Waals surface area (Å²) >= 11 is 0. The van der Waals surface area contributed by atoms with Gasteiger partial charge in [0.05, 0.1) is 16.8 Å². The van der Waals surface area contributed by atoms with Crippen LogP contribution in [0, 0.1) is 0 Å². The molecule has 1 aromatic rings. The summed E-state index contributed by atoms with van der Waals surface area (Å²) in [6, 6.07) is 8.23. The highest BCUT2D eigenvalue weighted by Crippen LogP contribution is 2.36. The maximum absolute atomic E-state index is 6.09. The summed E-state index contributed by atoms with van der Waals surface area (Å²) in [7, 11) is 1.40. The van der Waals surface area contributed by atoms with E-state index in [0.29, 0.717) is 0 Å². The van der Waals surface area contributed by atoms with Crippen LogP contribution >= 0.6 is 0 Å². The predicted molar refractivity (Wildman–Crippen MR) is 82.2 cm³/mol. The highest BCUT2D eigenvalue weighted by molar-refractivity contribution is 6.62. The molecule has 1 heterocycles. The third-order valence-corrected chi connectivity index (χ3v) is 4.62. The molecular formula is C16H25BO3. The van der Waals surface area contributed by atoms with Gasteiger partial charge in [-0.1, -0.05) is 24.3 Å². The van der Waals surface area contributed by atoms with E-state index < -0.39 is 0 Å². The van der Waals surface area contributed by atoms with Gasteiger partial charge in [-0.25, -0.2) is 0 Å². The number of benzene rings is 1. The topological polar surface area (TPSA) is 27.7 Å². The smallest absolute Gasteiger partial charge is 0.399 e. The fourth-order valence-electron chi connectivity index (χ4n) is 2.16. The van der Waals surface area contributed by atoms with Gasteiger partial charge in [0.25, 0.3) is 0 Å². The molecule has 0 saturated carbocycles. The first-order valence-corrected chi connectivity index (χ1v) is 7.10. The van der Waals surface area contributed by atoms with E-state index >= 15 is 0 Å². The molecule has 0 amide bonds. The molecule has 0 aliphatic carbocycles. The maximum atomic E-state index is 6.09. The van der Waals surface area contributed by atoms with Gasteiger partial charge >= 0.3 is 7.12 Å². The fourth-order valence-corrected chi connectivity index (χ4v) is 2.16. The van der Waals surface area contributed by atoms with Crippen LogP contribution in [0.2, 0.25) is 0 Å². The van der Waals surface area contributed by atoms with Gasteiger partial charge in [0, 0.05) is 7.11 Å². The van der Waals surface area contributed by atoms with Crippen molar-refractivity contribution in [2.75, 3.05) is 7.11 Å². The Morgan fingerprint density at radius 3 is 2.10 bits per heavy atom. The van der Waals surface area contributed by atoms with Crippen molar-refractivity contribution in [3.63, 3.8) is 0 Å². The molecule has 1 aromatic carbocycles. The summed E-state index contributed by atoms with van der Waals surface area (Å²) in [4.78, 5) is 0. The summed E-state index contributed by atoms with van der Waals surface area (Å²) in [5.41, 5.74) is 1.20. The zero-order valence-electron chi connectivity index (χ0n) is 13.6. The van der Waals surface area contributed by atoms with Crippen LogP contribution < -0.4 is 5.46 Å². The fraction of sp³-hybridized carbons (Fsp3) is 0.625. The third kappa shape index (κ3) is 2.65. The largest absolute Gasteiger partial charge is 0.494 e. The lowest BCUT2D eigenvalue weighted by Crippen LogP contribution is -2.41. The lowest BCUT2D eigenvalue weighted by molar-refractivity contribution is 0.00578. The molecule has 1 fully saturated rings. The predicted octanol–water partition coefficient (Wildman–Crippen LogP) is 2.87. The van der Waals surface area contributed by atoms with Crippen LogP contribution in [0.15, 0.2) is 24.3 Å². The standard InChI is InChI=1S/C16H25BO3/c1-14(2,18-7)12-9-8-10-13(11-12)17-19-15(3,4)16(5,6)20-17/h8-11H,1-7H3. The summed E-state index contributed by atoms with van der Waals surface area (Å²) in [6.07, 6.45) is 0. The number of ether oxygens (including phenoxy) is 1. The highest BCUT2D eigenvalue weighted by atomic mass is 16.7. The quantitative estimate of drug-likeness (QED) is 0.794. The highest BCUT2D eigenvalue weighted by Gasteiger charge is 2.51. The maximum Gasteiger partial charge on any atom is 0.494 e. The molecule has 20 heavy (non-hydrogen) atoms. The van der Waals surface area contributed by atoms with E-state index in [4.69, 9.17) is 14.0 Å². The Labute approximate surface area is 122 Å². The van der Waals surface area contributed by atoms with Crippen molar-refractivity contribution >= 4 is 12.6 Å². The van der Waals surface area contributed by atoms with Crippen molar-refractivity contribution in [3.05, 3.63) is 29.8 Å². The SMILES string of the molecule is COC(C)(C)c1cccc(B2OC(C)(C)C(C)(C)O2)c1. The van der Waals surface area contributed by atoms with Gasteiger partial charge in [-0.05, 0) is 52.6 Å². The van der Waals surface area contributed by atoms with E-state index in [-0.39, 0.29) is 23.9 Å². The van der Waals surface area contributed by atoms with Crippen molar-refractivity contribution < 1.29 is 14.0 Å². The lowest BCUT2D eigenvalue weighted by Gasteiger charge is -2.32. The summed E-state index contributed by atoms with van der Waals surface area (Å²) in [5, 5.41) is 0. The van der Waals surface area contributed by atoms with E-state index in [1.54, 1.807) is 7.11 Å². The molecule has 0 spiro atoms. The Balaban J connectivity index is 2.30. The molecule has 1 aliphatic heterocycles. The second kappa shape index (κ2) is 4.87. The zero-order valence-corrected chi connectivity index (χ0v) is 13.6. The van der Waals surface area contributed by atoms with Crippen molar-refractivity contribution in [2.45, 2.75) is 58.3 Å². The minimum absolute atomic E-state index is 0.315. The van der Waals surface area contributed by atoms with E-state index in [1.807, 2.05) is 12.1 Å². The molecule has 0 unspecified atom stereocenters. The summed E-state index contributed by atoms with van der Waals surface area (Å²) < 4.78 is 17.7. The molecule has 0 aromatic heterocycles. The van der Waals surface area contributed by atoms with Gasteiger partial charge in [0.2, 0.25) is 0 Å². The molecule has 4 heteroatoms. The van der Waals surface area contributed by atoms with Crippen molar-refractivity contribution in [2.24, 2.45) is 0 Å². The Morgan fingerprint density at radius 2 is 1.60 bits per heavy atom. The van der Waals surface area contributed by atoms with Crippen molar-refractivity contribution in [1.82, 2.24) is 0 Å². The normalized spacial score (nSPS) is 21.2. The second-order valence-corrected chi connectivity index (χ2v) is 6.93. The number of hydrogen-bond acceptors (Lipinski definition) is 3. The molecule has 3 nitrogen and oxygen atoms in total. The van der Waals surface area contributed by atoms with Crippen molar-refractivity contribution in [1.29, 1.82) is 0 Å². The molecule has 1 saturated heterocycles. The van der Waals surface area contributed by atoms with Crippen LogP contribution in [0.4, 0.5) is 0 Å². The molecule has 0 atom stereocenters. The Kier molecular flexibility index (Phi) is 3.78. The average Bonchev–Trinajstić information content (AvgIpc) is 2.59. The zero-order chi connectivity index (χ0) is 15.2. The molecular weight excluding hydrogens is 251 g/mol. The lowest BCUT2D eigenvalue weighted by atomic mass is 9.77. The summed E-state index contributed by atoms with van der Waals surface area (Å²) in [5.74, 6) is 0. The molecule has 110 valence electrons. The Hall–Kier alpha value is -0.835. The second-order valence-electron chi connectivity index (χ2n) is 6.93. The van der Waals surface area contributed by atoms with E-state index in [2.05, 4.69) is 53.7 Å². The average molecular weight is 276 g/mol. The Morgan fingerprint density at radius 1 is 1.05 bits per heavy atom. The van der Waals surface area contributed by atoms with Gasteiger partial charge in [0.1, 0.15) is 0 Å². The third-order valence-electron chi connectivity index (χ3n) is 4.62. The molecule has 1 aliphatic rings. The molecule has 0 bridgehead atoms. The van der Waals surface area contributed by atoms with Crippen LogP contribution in [0.25, 0.3) is 0 Å². The number of methoxy groups -OCH3 is 1. The van der Waals surface area contributed by atoms with Crippen LogP contribution in [0.3, 0.4) is 0 Å². The van der Waals surface area contributed by atoms with E-state index in [9.17, 15) is 0 Å². The van der Waals surface area contributed by atoms with Crippen molar-refractivity contribution in [3.8, 4) is 0 Å². The first-order valence-electron chi connectivity index (χ1n) is 7.10. The van der Waals surface area contributed by atoms with E-state index in [0.717, 1.165) is 11.0 Å². The number of hydrogen-bond donors (Lipinski definition) is 0. The van der Waals surface area contributed by atoms with Crippen LogP contribution in [0.1, 0.15) is 47.1 Å². The van der Waals surface area contributed by atoms with Gasteiger partial charge in [0.15, 0.2) is 0 Å². The molecule has 2 rings (SSSR count). The minimum Gasteiger partial charge on any atom is -0.399 e. The first-order chi connectivity index (χ1) is 9.09. The molecule has 0 radical (unpaired) electrons. The Bertz CT molecular complexity index is 478. The van der Waals surface area contributed by atoms with Gasteiger partial charge in [-0.3, -0.25) is 0 Å². The van der Waals surface area contributed by atoms with Gasteiger partial charge in [-0.15, -0.1) is 0 Å². The van der Waals surface area contributed by atoms with Crippen LogP contribution in [-0.4, -0.2) is 25.4 Å². The minimum atomic E-state index is -0.326. The monoisotopic (exact) mass is 276 g/mol. The van der Waals surface area contributed by atoms with Gasteiger partial charge < -0.3 is 14.0 Å².